The third kappa shape index (κ3) is 4.44. The fraction of sp³-hybridized carbons (Fsp3) is 0.292. The van der Waals surface area contributed by atoms with Gasteiger partial charge in [0.05, 0.1) is 25.3 Å². The second kappa shape index (κ2) is 8.98. The Hall–Kier alpha value is -3.42. The first-order valence-electron chi connectivity index (χ1n) is 9.96. The summed E-state index contributed by atoms with van der Waals surface area (Å²) < 4.78 is 51.4. The molecule has 0 saturated heterocycles. The summed E-state index contributed by atoms with van der Waals surface area (Å²) in [4.78, 5) is 12.2. The molecule has 8 heteroatoms. The summed E-state index contributed by atoms with van der Waals surface area (Å²) in [5, 5.41) is 0. The van der Waals surface area contributed by atoms with E-state index in [9.17, 15) is 18.0 Å². The molecule has 3 aromatic rings. The van der Waals surface area contributed by atoms with Crippen LogP contribution < -0.4 is 15.2 Å². The molecular formula is C24H25F3N2O3. The van der Waals surface area contributed by atoms with Crippen molar-refractivity contribution in [2.24, 2.45) is 5.73 Å². The summed E-state index contributed by atoms with van der Waals surface area (Å²) >= 11 is 0. The summed E-state index contributed by atoms with van der Waals surface area (Å²) in [7, 11) is 3.13. The van der Waals surface area contributed by atoms with E-state index in [1.54, 1.807) is 21.1 Å². The predicted molar refractivity (Wildman–Crippen MR) is 116 cm³/mol. The largest absolute Gasteiger partial charge is 0.493 e. The average molecular weight is 446 g/mol. The van der Waals surface area contributed by atoms with E-state index in [2.05, 4.69) is 0 Å². The van der Waals surface area contributed by atoms with Crippen LogP contribution >= 0.6 is 0 Å². The number of benzene rings is 2. The van der Waals surface area contributed by atoms with Gasteiger partial charge in [-0.05, 0) is 55.7 Å². The minimum atomic E-state index is -4.43. The number of primary amides is 1. The highest BCUT2D eigenvalue weighted by molar-refractivity contribution is 6.02. The number of rotatable bonds is 7. The number of alkyl halides is 3. The number of nitrogens with zero attached hydrogens (tertiary/aromatic N) is 1. The van der Waals surface area contributed by atoms with Crippen LogP contribution in [0.1, 0.15) is 32.9 Å². The number of aryl methyl sites for hydroxylation is 1. The number of carbonyl (C=O) groups is 1. The molecule has 0 radical (unpaired) electrons. The van der Waals surface area contributed by atoms with Crippen LogP contribution in [0.5, 0.6) is 11.5 Å². The lowest BCUT2D eigenvalue weighted by atomic mass is 9.99. The zero-order chi connectivity index (χ0) is 23.6. The van der Waals surface area contributed by atoms with Gasteiger partial charge in [0.1, 0.15) is 0 Å². The van der Waals surface area contributed by atoms with Crippen LogP contribution in [0.2, 0.25) is 0 Å². The van der Waals surface area contributed by atoms with Crippen LogP contribution in [-0.2, 0) is 19.1 Å². The highest BCUT2D eigenvalue weighted by Crippen LogP contribution is 2.35. The Balaban J connectivity index is 1.98. The first kappa shape index (κ1) is 23.2. The molecule has 0 saturated carbocycles. The van der Waals surface area contributed by atoms with Gasteiger partial charge in [-0.3, -0.25) is 4.79 Å². The van der Waals surface area contributed by atoms with E-state index >= 15 is 0 Å². The van der Waals surface area contributed by atoms with Crippen LogP contribution in [0.25, 0.3) is 11.1 Å². The van der Waals surface area contributed by atoms with Gasteiger partial charge in [0.2, 0.25) is 0 Å². The van der Waals surface area contributed by atoms with E-state index < -0.39 is 17.6 Å². The Morgan fingerprint density at radius 2 is 1.59 bits per heavy atom. The minimum Gasteiger partial charge on any atom is -0.493 e. The number of aromatic nitrogens is 1. The molecule has 0 unspecified atom stereocenters. The summed E-state index contributed by atoms with van der Waals surface area (Å²) in [5.41, 5.74) is 8.72. The molecule has 5 nitrogen and oxygen atoms in total. The van der Waals surface area contributed by atoms with Crippen molar-refractivity contribution in [1.82, 2.24) is 4.57 Å². The first-order valence-corrected chi connectivity index (χ1v) is 9.96. The molecular weight excluding hydrogens is 421 g/mol. The molecule has 0 aliphatic carbocycles. The molecule has 32 heavy (non-hydrogen) atoms. The molecule has 2 aromatic carbocycles. The molecule has 0 atom stereocenters. The van der Waals surface area contributed by atoms with Crippen molar-refractivity contribution in [2.45, 2.75) is 33.0 Å². The van der Waals surface area contributed by atoms with Gasteiger partial charge in [-0.2, -0.15) is 13.2 Å². The van der Waals surface area contributed by atoms with Crippen LogP contribution in [0.15, 0.2) is 42.5 Å². The van der Waals surface area contributed by atoms with E-state index in [0.717, 1.165) is 23.4 Å². The molecule has 3 rings (SSSR count). The maximum Gasteiger partial charge on any atom is 0.416 e. The quantitative estimate of drug-likeness (QED) is 0.546. The van der Waals surface area contributed by atoms with Gasteiger partial charge in [0, 0.05) is 23.5 Å². The lowest BCUT2D eigenvalue weighted by Crippen LogP contribution is -2.14. The first-order chi connectivity index (χ1) is 15.1. The normalized spacial score (nSPS) is 11.5. The van der Waals surface area contributed by atoms with Gasteiger partial charge in [0.15, 0.2) is 11.5 Å². The molecule has 1 amide bonds. The smallest absolute Gasteiger partial charge is 0.416 e. The second-order valence-electron chi connectivity index (χ2n) is 7.45. The van der Waals surface area contributed by atoms with E-state index in [4.69, 9.17) is 15.2 Å². The Morgan fingerprint density at radius 3 is 2.12 bits per heavy atom. The Morgan fingerprint density at radius 1 is 0.969 bits per heavy atom. The number of hydrogen-bond acceptors (Lipinski definition) is 3. The third-order valence-corrected chi connectivity index (χ3v) is 5.60. The number of nitrogens with two attached hydrogens (primary N) is 1. The van der Waals surface area contributed by atoms with Crippen molar-refractivity contribution in [3.05, 3.63) is 70.5 Å². The maximum atomic E-state index is 12.9. The van der Waals surface area contributed by atoms with Crippen molar-refractivity contribution in [1.29, 1.82) is 0 Å². The van der Waals surface area contributed by atoms with Crippen LogP contribution in [-0.4, -0.2) is 24.7 Å². The Kier molecular flexibility index (Phi) is 6.52. The standard InChI is InChI=1S/C24H25F3N2O3/c1-14-21(17-6-8-18(9-7-17)24(25,26)27)22(23(28)30)15(2)29(14)12-11-16-5-10-19(31-3)20(13-16)32-4/h5-10,13H,11-12H2,1-4H3,(H2,28,30). The zero-order valence-corrected chi connectivity index (χ0v) is 18.3. The van der Waals surface area contributed by atoms with Gasteiger partial charge in [-0.25, -0.2) is 0 Å². The van der Waals surface area contributed by atoms with E-state index in [0.29, 0.717) is 46.8 Å². The fourth-order valence-electron chi connectivity index (χ4n) is 3.98. The van der Waals surface area contributed by atoms with Crippen molar-refractivity contribution < 1.29 is 27.4 Å². The van der Waals surface area contributed by atoms with Crippen molar-refractivity contribution in [3.8, 4) is 22.6 Å². The SMILES string of the molecule is COc1ccc(CCn2c(C)c(C(N)=O)c(-c3ccc(C(F)(F)F)cc3)c2C)cc1OC. The number of amides is 1. The van der Waals surface area contributed by atoms with Gasteiger partial charge < -0.3 is 19.8 Å². The van der Waals surface area contributed by atoms with Crippen LogP contribution in [0, 0.1) is 13.8 Å². The summed E-state index contributed by atoms with van der Waals surface area (Å²) in [5.74, 6) is 0.629. The lowest BCUT2D eigenvalue weighted by Gasteiger charge is -2.12. The molecule has 1 heterocycles. The molecule has 2 N–H and O–H groups in total. The summed E-state index contributed by atoms with van der Waals surface area (Å²) in [6.07, 6.45) is -3.79. The van der Waals surface area contributed by atoms with E-state index in [-0.39, 0.29) is 0 Å². The number of hydrogen-bond donors (Lipinski definition) is 1. The zero-order valence-electron chi connectivity index (χ0n) is 18.3. The van der Waals surface area contributed by atoms with Gasteiger partial charge in [-0.1, -0.05) is 18.2 Å². The Bertz CT molecular complexity index is 1130. The van der Waals surface area contributed by atoms with E-state index in [1.807, 2.05) is 29.7 Å². The molecule has 0 fully saturated rings. The van der Waals surface area contributed by atoms with E-state index in [1.165, 1.54) is 12.1 Å². The number of halogens is 3. The fourth-order valence-corrected chi connectivity index (χ4v) is 3.98. The van der Waals surface area contributed by atoms with Crippen LogP contribution in [0.3, 0.4) is 0 Å². The molecule has 0 aliphatic rings. The molecule has 0 aliphatic heterocycles. The Labute approximate surface area is 184 Å². The van der Waals surface area contributed by atoms with Crippen molar-refractivity contribution in [3.63, 3.8) is 0 Å². The van der Waals surface area contributed by atoms with Gasteiger partial charge in [-0.15, -0.1) is 0 Å². The lowest BCUT2D eigenvalue weighted by molar-refractivity contribution is -0.137. The topological polar surface area (TPSA) is 66.5 Å². The minimum absolute atomic E-state index is 0.314. The van der Waals surface area contributed by atoms with Crippen molar-refractivity contribution >= 4 is 5.91 Å². The molecule has 0 bridgehead atoms. The molecule has 1 aromatic heterocycles. The predicted octanol–water partition coefficient (Wildman–Crippen LogP) is 5.15. The average Bonchev–Trinajstić information content (AvgIpc) is 3.01. The molecule has 0 spiro atoms. The maximum absolute atomic E-state index is 12.9. The monoisotopic (exact) mass is 446 g/mol. The number of ether oxygens (including phenoxy) is 2. The molecule has 170 valence electrons. The summed E-state index contributed by atoms with van der Waals surface area (Å²) in [6.45, 7) is 4.17. The number of methoxy groups -OCH3 is 2. The third-order valence-electron chi connectivity index (χ3n) is 5.60. The second-order valence-corrected chi connectivity index (χ2v) is 7.45. The van der Waals surface area contributed by atoms with Gasteiger partial charge >= 0.3 is 6.18 Å². The van der Waals surface area contributed by atoms with Gasteiger partial charge in [0.25, 0.3) is 5.91 Å². The highest BCUT2D eigenvalue weighted by atomic mass is 19.4. The summed E-state index contributed by atoms with van der Waals surface area (Å²) in [6, 6.07) is 10.4. The van der Waals surface area contributed by atoms with Crippen LogP contribution in [0.4, 0.5) is 13.2 Å². The number of carbonyl (C=O) groups excluding carboxylic acids is 1. The highest BCUT2D eigenvalue weighted by Gasteiger charge is 2.30. The van der Waals surface area contributed by atoms with Crippen molar-refractivity contribution in [2.75, 3.05) is 14.2 Å².